The third-order valence-corrected chi connectivity index (χ3v) is 5.56. The van der Waals surface area contributed by atoms with E-state index in [9.17, 15) is 0 Å². The van der Waals surface area contributed by atoms with E-state index in [0.29, 0.717) is 21.6 Å². The summed E-state index contributed by atoms with van der Waals surface area (Å²) in [6.07, 6.45) is 6.65. The highest BCUT2D eigenvalue weighted by molar-refractivity contribution is 6.42. The molecular formula is C16H22Cl2N2. The van der Waals surface area contributed by atoms with Gasteiger partial charge in [0, 0.05) is 30.4 Å². The molecule has 1 aromatic rings. The first-order valence-electron chi connectivity index (χ1n) is 7.56. The zero-order valence-corrected chi connectivity index (χ0v) is 13.5. The lowest BCUT2D eigenvalue weighted by Crippen LogP contribution is -2.64. The first-order chi connectivity index (χ1) is 9.60. The maximum absolute atomic E-state index is 6.18. The monoisotopic (exact) mass is 312 g/mol. The molecule has 1 saturated heterocycles. The highest BCUT2D eigenvalue weighted by Crippen LogP contribution is 2.35. The Morgan fingerprint density at radius 1 is 1.15 bits per heavy atom. The minimum Gasteiger partial charge on any atom is -0.366 e. The van der Waals surface area contributed by atoms with Gasteiger partial charge in [0.1, 0.15) is 0 Å². The number of nitrogens with zero attached hydrogens (tertiary/aromatic N) is 1. The number of hydrogen-bond donors (Lipinski definition) is 1. The molecule has 1 aliphatic carbocycles. The Balaban J connectivity index is 1.84. The summed E-state index contributed by atoms with van der Waals surface area (Å²) >= 11 is 12.2. The molecule has 1 saturated carbocycles. The fourth-order valence-electron chi connectivity index (χ4n) is 3.59. The highest BCUT2D eigenvalue weighted by Gasteiger charge is 2.38. The fourth-order valence-corrected chi connectivity index (χ4v) is 3.88. The zero-order chi connectivity index (χ0) is 14.2. The molecule has 2 aliphatic rings. The predicted octanol–water partition coefficient (Wildman–Crippen LogP) is 4.49. The number of rotatable bonds is 1. The second-order valence-corrected chi connectivity index (χ2v) is 7.11. The first-order valence-corrected chi connectivity index (χ1v) is 8.32. The zero-order valence-electron chi connectivity index (χ0n) is 12.0. The van der Waals surface area contributed by atoms with E-state index in [0.717, 1.165) is 13.1 Å². The molecule has 1 aromatic carbocycles. The van der Waals surface area contributed by atoms with Gasteiger partial charge in [0.15, 0.2) is 0 Å². The number of piperazine rings is 1. The minimum absolute atomic E-state index is 0.302. The molecule has 0 amide bonds. The van der Waals surface area contributed by atoms with Gasteiger partial charge in [-0.05, 0) is 38.0 Å². The third-order valence-electron chi connectivity index (χ3n) is 4.82. The lowest BCUT2D eigenvalue weighted by molar-refractivity contribution is 0.200. The Bertz CT molecular complexity index is 483. The van der Waals surface area contributed by atoms with Crippen molar-refractivity contribution in [3.05, 3.63) is 28.2 Å². The number of anilines is 1. The largest absolute Gasteiger partial charge is 0.366 e. The van der Waals surface area contributed by atoms with Crippen molar-refractivity contribution < 1.29 is 0 Å². The van der Waals surface area contributed by atoms with Crippen LogP contribution in [-0.4, -0.2) is 24.7 Å². The van der Waals surface area contributed by atoms with Crippen molar-refractivity contribution in [2.24, 2.45) is 0 Å². The van der Waals surface area contributed by atoms with E-state index >= 15 is 0 Å². The number of hydrogen-bond acceptors (Lipinski definition) is 2. The molecule has 1 aliphatic heterocycles. The summed E-state index contributed by atoms with van der Waals surface area (Å²) in [5, 5.41) is 5.09. The molecule has 0 bridgehead atoms. The molecule has 4 heteroatoms. The lowest BCUT2D eigenvalue weighted by atomic mass is 9.79. The summed E-state index contributed by atoms with van der Waals surface area (Å²) in [6, 6.07) is 6.48. The van der Waals surface area contributed by atoms with Crippen LogP contribution in [0.1, 0.15) is 39.0 Å². The van der Waals surface area contributed by atoms with Crippen molar-refractivity contribution in [3.8, 4) is 0 Å². The average molecular weight is 313 g/mol. The SMILES string of the molecule is CC1CNC2(CCCCC2)CN1c1ccc(Cl)c(Cl)c1. The van der Waals surface area contributed by atoms with E-state index in [1.807, 2.05) is 12.1 Å². The Labute approximate surface area is 131 Å². The minimum atomic E-state index is 0.302. The van der Waals surface area contributed by atoms with Crippen molar-refractivity contribution >= 4 is 28.9 Å². The molecule has 110 valence electrons. The van der Waals surface area contributed by atoms with Gasteiger partial charge < -0.3 is 10.2 Å². The van der Waals surface area contributed by atoms with Crippen molar-refractivity contribution in [3.63, 3.8) is 0 Å². The van der Waals surface area contributed by atoms with Gasteiger partial charge in [0.25, 0.3) is 0 Å². The molecule has 1 N–H and O–H groups in total. The normalized spacial score (nSPS) is 25.9. The molecule has 1 atom stereocenters. The van der Waals surface area contributed by atoms with Crippen molar-refractivity contribution in [2.45, 2.75) is 50.6 Å². The molecule has 20 heavy (non-hydrogen) atoms. The van der Waals surface area contributed by atoms with Crippen LogP contribution in [-0.2, 0) is 0 Å². The van der Waals surface area contributed by atoms with E-state index in [1.54, 1.807) is 0 Å². The van der Waals surface area contributed by atoms with E-state index in [2.05, 4.69) is 23.2 Å². The smallest absolute Gasteiger partial charge is 0.0612 e. The van der Waals surface area contributed by atoms with Crippen molar-refractivity contribution in [1.82, 2.24) is 5.32 Å². The Morgan fingerprint density at radius 2 is 1.90 bits per heavy atom. The molecule has 1 unspecified atom stereocenters. The third kappa shape index (κ3) is 2.79. The molecular weight excluding hydrogens is 291 g/mol. The van der Waals surface area contributed by atoms with Crippen LogP contribution in [0, 0.1) is 0 Å². The molecule has 3 rings (SSSR count). The van der Waals surface area contributed by atoms with Gasteiger partial charge in [-0.3, -0.25) is 0 Å². The summed E-state index contributed by atoms with van der Waals surface area (Å²) in [7, 11) is 0. The van der Waals surface area contributed by atoms with Gasteiger partial charge in [0.2, 0.25) is 0 Å². The first kappa shape index (κ1) is 14.5. The predicted molar refractivity (Wildman–Crippen MR) is 87.1 cm³/mol. The summed E-state index contributed by atoms with van der Waals surface area (Å²) in [4.78, 5) is 2.49. The van der Waals surface area contributed by atoms with Crippen LogP contribution in [0.5, 0.6) is 0 Å². The van der Waals surface area contributed by atoms with E-state index in [4.69, 9.17) is 23.2 Å². The second kappa shape index (κ2) is 5.75. The van der Waals surface area contributed by atoms with Crippen LogP contribution < -0.4 is 10.2 Å². The molecule has 1 spiro atoms. The number of halogens is 2. The van der Waals surface area contributed by atoms with Crippen molar-refractivity contribution in [1.29, 1.82) is 0 Å². The van der Waals surface area contributed by atoms with Crippen LogP contribution in [0.2, 0.25) is 10.0 Å². The van der Waals surface area contributed by atoms with Crippen LogP contribution in [0.15, 0.2) is 18.2 Å². The summed E-state index contributed by atoms with van der Waals surface area (Å²) in [5.41, 5.74) is 1.50. The van der Waals surface area contributed by atoms with Crippen LogP contribution >= 0.6 is 23.2 Å². The van der Waals surface area contributed by atoms with E-state index in [1.165, 1.54) is 37.8 Å². The second-order valence-electron chi connectivity index (χ2n) is 6.30. The summed E-state index contributed by atoms with van der Waals surface area (Å²) in [6.45, 7) is 4.39. The molecule has 2 fully saturated rings. The van der Waals surface area contributed by atoms with Crippen LogP contribution in [0.25, 0.3) is 0 Å². The van der Waals surface area contributed by atoms with Gasteiger partial charge in [-0.2, -0.15) is 0 Å². The maximum Gasteiger partial charge on any atom is 0.0612 e. The number of benzene rings is 1. The van der Waals surface area contributed by atoms with Gasteiger partial charge in [-0.1, -0.05) is 42.5 Å². The highest BCUT2D eigenvalue weighted by atomic mass is 35.5. The average Bonchev–Trinajstić information content (AvgIpc) is 2.46. The van der Waals surface area contributed by atoms with E-state index < -0.39 is 0 Å². The van der Waals surface area contributed by atoms with Crippen molar-refractivity contribution in [2.75, 3.05) is 18.0 Å². The standard InChI is InChI=1S/C16H22Cl2N2/c1-12-10-19-16(7-3-2-4-8-16)11-20(12)13-5-6-14(17)15(18)9-13/h5-6,9,12,19H,2-4,7-8,10-11H2,1H3. The molecule has 1 heterocycles. The van der Waals surface area contributed by atoms with Gasteiger partial charge in [-0.25, -0.2) is 0 Å². The Hall–Kier alpha value is -0.440. The van der Waals surface area contributed by atoms with Crippen LogP contribution in [0.4, 0.5) is 5.69 Å². The summed E-state index contributed by atoms with van der Waals surface area (Å²) in [5.74, 6) is 0. The molecule has 0 radical (unpaired) electrons. The number of nitrogens with one attached hydrogen (secondary N) is 1. The Morgan fingerprint density at radius 3 is 2.60 bits per heavy atom. The quantitative estimate of drug-likeness (QED) is 0.821. The van der Waals surface area contributed by atoms with Gasteiger partial charge >= 0.3 is 0 Å². The lowest BCUT2D eigenvalue weighted by Gasteiger charge is -2.50. The molecule has 2 nitrogen and oxygen atoms in total. The van der Waals surface area contributed by atoms with E-state index in [-0.39, 0.29) is 0 Å². The topological polar surface area (TPSA) is 15.3 Å². The molecule has 0 aromatic heterocycles. The fraction of sp³-hybridized carbons (Fsp3) is 0.625. The van der Waals surface area contributed by atoms with Gasteiger partial charge in [-0.15, -0.1) is 0 Å². The Kier molecular flexibility index (Phi) is 4.16. The van der Waals surface area contributed by atoms with Crippen LogP contribution in [0.3, 0.4) is 0 Å². The van der Waals surface area contributed by atoms with Gasteiger partial charge in [0.05, 0.1) is 10.0 Å². The maximum atomic E-state index is 6.18. The summed E-state index contributed by atoms with van der Waals surface area (Å²) < 4.78 is 0.